The van der Waals surface area contributed by atoms with Crippen molar-refractivity contribution in [2.75, 3.05) is 5.32 Å². The van der Waals surface area contributed by atoms with Crippen molar-refractivity contribution in [3.8, 4) is 0 Å². The van der Waals surface area contributed by atoms with Crippen LogP contribution in [-0.2, 0) is 11.4 Å². The number of benzene rings is 1. The molecule has 2 aromatic rings. The van der Waals surface area contributed by atoms with E-state index in [1.807, 2.05) is 6.07 Å². The van der Waals surface area contributed by atoms with Gasteiger partial charge in [0, 0.05) is 17.7 Å². The Morgan fingerprint density at radius 2 is 1.87 bits per heavy atom. The molecule has 2 N–H and O–H groups in total. The highest BCUT2D eigenvalue weighted by atomic mass is 16.5. The molecule has 1 aromatic heterocycles. The van der Waals surface area contributed by atoms with Gasteiger partial charge in [-0.2, -0.15) is 0 Å². The van der Waals surface area contributed by atoms with Crippen LogP contribution in [0, 0.1) is 5.92 Å². The number of hydrogen-bond acceptors (Lipinski definition) is 4. The lowest BCUT2D eigenvalue weighted by Gasteiger charge is -2.11. The topological polar surface area (TPSA) is 75.4 Å². The summed E-state index contributed by atoms with van der Waals surface area (Å²) in [6.07, 6.45) is 0. The summed E-state index contributed by atoms with van der Waals surface area (Å²) in [5.74, 6) is 0.739. The van der Waals surface area contributed by atoms with Crippen molar-refractivity contribution in [2.45, 2.75) is 46.1 Å². The van der Waals surface area contributed by atoms with Crippen LogP contribution in [0.3, 0.4) is 0 Å². The second kappa shape index (κ2) is 7.42. The summed E-state index contributed by atoms with van der Waals surface area (Å²) in [6, 6.07) is 8.95. The van der Waals surface area contributed by atoms with Crippen molar-refractivity contribution in [2.24, 2.45) is 5.92 Å². The largest absolute Gasteiger partial charge is 0.392 e. The average Bonchev–Trinajstić information content (AvgIpc) is 3.03. The summed E-state index contributed by atoms with van der Waals surface area (Å²) in [5.41, 5.74) is 2.37. The highest BCUT2D eigenvalue weighted by Gasteiger charge is 2.22. The zero-order chi connectivity index (χ0) is 17.0. The van der Waals surface area contributed by atoms with Gasteiger partial charge in [-0.25, -0.2) is 0 Å². The summed E-state index contributed by atoms with van der Waals surface area (Å²) in [7, 11) is 0. The SMILES string of the molecule is CC(C)[C@H](C)c1cc([C@H](C)C(=O)Nc2ccc(CO)cc2)on1. The first-order chi connectivity index (χ1) is 10.9. The molecule has 1 amide bonds. The van der Waals surface area contributed by atoms with Gasteiger partial charge in [0.2, 0.25) is 5.91 Å². The maximum atomic E-state index is 12.3. The molecule has 0 fully saturated rings. The second-order valence-corrected chi connectivity index (χ2v) is 6.25. The Hall–Kier alpha value is -2.14. The van der Waals surface area contributed by atoms with E-state index < -0.39 is 5.92 Å². The summed E-state index contributed by atoms with van der Waals surface area (Å²) >= 11 is 0. The van der Waals surface area contributed by atoms with Crippen LogP contribution in [0.5, 0.6) is 0 Å². The maximum absolute atomic E-state index is 12.3. The van der Waals surface area contributed by atoms with E-state index in [9.17, 15) is 4.79 Å². The van der Waals surface area contributed by atoms with E-state index in [0.717, 1.165) is 11.3 Å². The summed E-state index contributed by atoms with van der Waals surface area (Å²) < 4.78 is 5.35. The van der Waals surface area contributed by atoms with Crippen LogP contribution >= 0.6 is 0 Å². The van der Waals surface area contributed by atoms with E-state index in [-0.39, 0.29) is 18.4 Å². The Kier molecular flexibility index (Phi) is 5.55. The second-order valence-electron chi connectivity index (χ2n) is 6.25. The maximum Gasteiger partial charge on any atom is 0.234 e. The van der Waals surface area contributed by atoms with Gasteiger partial charge in [0.05, 0.1) is 18.2 Å². The van der Waals surface area contributed by atoms with E-state index in [4.69, 9.17) is 9.63 Å². The molecular weight excluding hydrogens is 292 g/mol. The van der Waals surface area contributed by atoms with Crippen molar-refractivity contribution >= 4 is 11.6 Å². The number of aromatic nitrogens is 1. The molecular formula is C18H24N2O3. The number of carbonyl (C=O) groups is 1. The van der Waals surface area contributed by atoms with Gasteiger partial charge >= 0.3 is 0 Å². The van der Waals surface area contributed by atoms with E-state index in [2.05, 4.69) is 31.2 Å². The fraction of sp³-hybridized carbons (Fsp3) is 0.444. The zero-order valence-electron chi connectivity index (χ0n) is 14.0. The van der Waals surface area contributed by atoms with E-state index in [1.54, 1.807) is 31.2 Å². The lowest BCUT2D eigenvalue weighted by atomic mass is 9.94. The van der Waals surface area contributed by atoms with Gasteiger partial charge in [-0.05, 0) is 30.5 Å². The van der Waals surface area contributed by atoms with Gasteiger partial charge in [-0.3, -0.25) is 4.79 Å². The highest BCUT2D eigenvalue weighted by molar-refractivity contribution is 5.95. The van der Waals surface area contributed by atoms with Crippen LogP contribution in [0.1, 0.15) is 56.5 Å². The minimum Gasteiger partial charge on any atom is -0.392 e. The van der Waals surface area contributed by atoms with E-state index in [1.165, 1.54) is 0 Å². The third-order valence-electron chi connectivity index (χ3n) is 4.24. The quantitative estimate of drug-likeness (QED) is 0.852. The van der Waals surface area contributed by atoms with Crippen molar-refractivity contribution in [1.82, 2.24) is 5.16 Å². The van der Waals surface area contributed by atoms with Crippen LogP contribution in [0.25, 0.3) is 0 Å². The molecule has 0 aliphatic carbocycles. The molecule has 0 unspecified atom stereocenters. The minimum absolute atomic E-state index is 0.0144. The van der Waals surface area contributed by atoms with Crippen molar-refractivity contribution in [3.05, 3.63) is 47.3 Å². The number of carbonyl (C=O) groups excluding carboxylic acids is 1. The molecule has 124 valence electrons. The first kappa shape index (κ1) is 17.2. The molecule has 0 spiro atoms. The number of aliphatic hydroxyl groups is 1. The Bertz CT molecular complexity index is 647. The monoisotopic (exact) mass is 316 g/mol. The molecule has 0 saturated carbocycles. The Balaban J connectivity index is 2.04. The molecule has 23 heavy (non-hydrogen) atoms. The van der Waals surface area contributed by atoms with Crippen LogP contribution in [-0.4, -0.2) is 16.2 Å². The lowest BCUT2D eigenvalue weighted by Crippen LogP contribution is -2.18. The van der Waals surface area contributed by atoms with E-state index in [0.29, 0.717) is 17.4 Å². The third-order valence-corrected chi connectivity index (χ3v) is 4.24. The zero-order valence-corrected chi connectivity index (χ0v) is 14.0. The summed E-state index contributed by atoms with van der Waals surface area (Å²) in [5, 5.41) is 16.0. The molecule has 0 radical (unpaired) electrons. The number of amides is 1. The van der Waals surface area contributed by atoms with Crippen LogP contribution in [0.2, 0.25) is 0 Å². The average molecular weight is 316 g/mol. The number of anilines is 1. The van der Waals surface area contributed by atoms with Gasteiger partial charge in [-0.1, -0.05) is 38.1 Å². The van der Waals surface area contributed by atoms with Gasteiger partial charge in [-0.15, -0.1) is 0 Å². The fourth-order valence-corrected chi connectivity index (χ4v) is 2.14. The summed E-state index contributed by atoms with van der Waals surface area (Å²) in [4.78, 5) is 12.3. The number of nitrogens with zero attached hydrogens (tertiary/aromatic N) is 1. The first-order valence-electron chi connectivity index (χ1n) is 7.89. The van der Waals surface area contributed by atoms with E-state index >= 15 is 0 Å². The molecule has 2 atom stereocenters. The van der Waals surface area contributed by atoms with Crippen molar-refractivity contribution < 1.29 is 14.4 Å². The standard InChI is InChI=1S/C18H24N2O3/c1-11(2)12(3)16-9-17(23-20-16)13(4)18(22)19-15-7-5-14(10-21)6-8-15/h5-9,11-13,21H,10H2,1-4H3,(H,19,22)/t12-,13-/m0/s1. The third kappa shape index (κ3) is 4.20. The first-order valence-corrected chi connectivity index (χ1v) is 7.89. The smallest absolute Gasteiger partial charge is 0.234 e. The molecule has 1 heterocycles. The lowest BCUT2D eigenvalue weighted by molar-refractivity contribution is -0.117. The predicted octanol–water partition coefficient (Wildman–Crippen LogP) is 3.67. The molecule has 0 bridgehead atoms. The van der Waals surface area contributed by atoms with Gasteiger partial charge in [0.15, 0.2) is 0 Å². The van der Waals surface area contributed by atoms with Gasteiger partial charge in [0.25, 0.3) is 0 Å². The molecule has 1 aromatic carbocycles. The number of aliphatic hydroxyl groups excluding tert-OH is 1. The predicted molar refractivity (Wildman–Crippen MR) is 89.2 cm³/mol. The molecule has 2 rings (SSSR count). The van der Waals surface area contributed by atoms with Crippen LogP contribution < -0.4 is 5.32 Å². The number of nitrogens with one attached hydrogen (secondary N) is 1. The van der Waals surface area contributed by atoms with Crippen LogP contribution in [0.4, 0.5) is 5.69 Å². The van der Waals surface area contributed by atoms with Gasteiger partial charge in [0.1, 0.15) is 5.76 Å². The van der Waals surface area contributed by atoms with Gasteiger partial charge < -0.3 is 14.9 Å². The molecule has 0 aliphatic heterocycles. The van der Waals surface area contributed by atoms with Crippen LogP contribution in [0.15, 0.2) is 34.9 Å². The Morgan fingerprint density at radius 1 is 1.22 bits per heavy atom. The molecule has 0 saturated heterocycles. The molecule has 5 heteroatoms. The fourth-order valence-electron chi connectivity index (χ4n) is 2.14. The van der Waals surface area contributed by atoms with Crippen molar-refractivity contribution in [3.63, 3.8) is 0 Å². The normalized spacial score (nSPS) is 13.8. The summed E-state index contributed by atoms with van der Waals surface area (Å²) in [6.45, 7) is 8.14. The van der Waals surface area contributed by atoms with Crippen molar-refractivity contribution in [1.29, 1.82) is 0 Å². The molecule has 0 aliphatic rings. The molecule has 5 nitrogen and oxygen atoms in total. The number of rotatable bonds is 6. The number of hydrogen-bond donors (Lipinski definition) is 2. The Labute approximate surface area is 136 Å². The highest BCUT2D eigenvalue weighted by Crippen LogP contribution is 2.26. The Morgan fingerprint density at radius 3 is 2.43 bits per heavy atom. The minimum atomic E-state index is -0.423.